The summed E-state index contributed by atoms with van der Waals surface area (Å²) in [5, 5.41) is 12.4. The smallest absolute Gasteiger partial charge is 0.225 e. The summed E-state index contributed by atoms with van der Waals surface area (Å²) < 4.78 is 3.57. The summed E-state index contributed by atoms with van der Waals surface area (Å²) in [5.74, 6) is 0.944. The first-order chi connectivity index (χ1) is 10.7. The van der Waals surface area contributed by atoms with E-state index in [0.29, 0.717) is 13.1 Å². The number of hydrogen-bond donors (Lipinski definition) is 1. The number of fused-ring (bicyclic) bond motifs is 2. The molecule has 114 valence electrons. The fourth-order valence-corrected chi connectivity index (χ4v) is 3.45. The van der Waals surface area contributed by atoms with Crippen LogP contribution in [-0.2, 0) is 24.3 Å². The molecule has 0 saturated carbocycles. The van der Waals surface area contributed by atoms with E-state index in [0.717, 1.165) is 34.3 Å². The molecular formula is C13H15N7OS. The molecule has 1 amide bonds. The second kappa shape index (κ2) is 5.16. The van der Waals surface area contributed by atoms with Crippen LogP contribution in [0, 0.1) is 12.8 Å². The van der Waals surface area contributed by atoms with Crippen LogP contribution in [0.4, 0.5) is 0 Å². The van der Waals surface area contributed by atoms with E-state index in [2.05, 4.69) is 25.5 Å². The third-order valence-electron chi connectivity index (χ3n) is 3.81. The number of nitrogens with zero attached hydrogens (tertiary/aromatic N) is 6. The molecule has 0 spiro atoms. The van der Waals surface area contributed by atoms with Crippen molar-refractivity contribution in [1.29, 1.82) is 0 Å². The normalized spacial score (nSPS) is 17.6. The van der Waals surface area contributed by atoms with E-state index >= 15 is 0 Å². The van der Waals surface area contributed by atoms with E-state index in [-0.39, 0.29) is 11.8 Å². The number of carbonyl (C=O) groups is 1. The lowest BCUT2D eigenvalue weighted by molar-refractivity contribution is -0.126. The average Bonchev–Trinajstić information content (AvgIpc) is 3.17. The lowest BCUT2D eigenvalue weighted by atomic mass is 9.99. The molecule has 4 rings (SSSR count). The highest BCUT2D eigenvalue weighted by molar-refractivity contribution is 7.16. The Morgan fingerprint density at radius 1 is 1.55 bits per heavy atom. The van der Waals surface area contributed by atoms with Gasteiger partial charge in [-0.25, -0.2) is 19.2 Å². The number of rotatable bonds is 3. The van der Waals surface area contributed by atoms with Gasteiger partial charge in [-0.15, -0.1) is 0 Å². The van der Waals surface area contributed by atoms with Crippen LogP contribution in [0.25, 0.3) is 4.96 Å². The highest BCUT2D eigenvalue weighted by atomic mass is 32.1. The number of aromatic nitrogens is 6. The molecule has 1 aliphatic heterocycles. The molecular weight excluding hydrogens is 302 g/mol. The monoisotopic (exact) mass is 317 g/mol. The lowest BCUT2D eigenvalue weighted by Gasteiger charge is -2.21. The summed E-state index contributed by atoms with van der Waals surface area (Å²) >= 11 is 1.54. The summed E-state index contributed by atoms with van der Waals surface area (Å²) in [6.45, 7) is 2.97. The Balaban J connectivity index is 1.39. The molecule has 1 N–H and O–H groups in total. The molecule has 1 aliphatic rings. The second-order valence-corrected chi connectivity index (χ2v) is 6.55. The van der Waals surface area contributed by atoms with Crippen LogP contribution in [0.2, 0.25) is 0 Å². The van der Waals surface area contributed by atoms with Crippen LogP contribution >= 0.6 is 11.3 Å². The van der Waals surface area contributed by atoms with E-state index < -0.39 is 0 Å². The van der Waals surface area contributed by atoms with Crippen LogP contribution in [0.3, 0.4) is 0 Å². The molecule has 0 radical (unpaired) electrons. The van der Waals surface area contributed by atoms with Gasteiger partial charge < -0.3 is 5.32 Å². The zero-order valence-electron chi connectivity index (χ0n) is 12.1. The second-order valence-electron chi connectivity index (χ2n) is 5.39. The summed E-state index contributed by atoms with van der Waals surface area (Å²) in [7, 11) is 0. The van der Waals surface area contributed by atoms with Gasteiger partial charge in [-0.05, 0) is 13.3 Å². The average molecular weight is 317 g/mol. The summed E-state index contributed by atoms with van der Waals surface area (Å²) in [5.41, 5.74) is 0.823. The minimum Gasteiger partial charge on any atom is -0.350 e. The van der Waals surface area contributed by atoms with Crippen molar-refractivity contribution in [3.63, 3.8) is 0 Å². The molecule has 9 heteroatoms. The first kappa shape index (κ1) is 13.4. The van der Waals surface area contributed by atoms with Crippen molar-refractivity contribution in [1.82, 2.24) is 34.7 Å². The molecule has 0 aromatic carbocycles. The number of carbonyl (C=O) groups excluding carboxylic acids is 1. The van der Waals surface area contributed by atoms with Crippen molar-refractivity contribution in [3.05, 3.63) is 29.1 Å². The summed E-state index contributed by atoms with van der Waals surface area (Å²) in [6.07, 6.45) is 5.00. The van der Waals surface area contributed by atoms with Crippen LogP contribution in [0.5, 0.6) is 0 Å². The SMILES string of the molecule is Cc1nn2cc(CNC(=O)C3CCc4ncnn4C3)nc2s1. The van der Waals surface area contributed by atoms with Gasteiger partial charge in [0.25, 0.3) is 0 Å². The van der Waals surface area contributed by atoms with Gasteiger partial charge in [-0.3, -0.25) is 4.79 Å². The topological polar surface area (TPSA) is 90.0 Å². The Kier molecular flexibility index (Phi) is 3.14. The van der Waals surface area contributed by atoms with Gasteiger partial charge in [0, 0.05) is 6.42 Å². The highest BCUT2D eigenvalue weighted by Gasteiger charge is 2.25. The fraction of sp³-hybridized carbons (Fsp3) is 0.462. The number of hydrogen-bond acceptors (Lipinski definition) is 6. The number of imidazole rings is 1. The van der Waals surface area contributed by atoms with Gasteiger partial charge in [-0.2, -0.15) is 10.2 Å². The molecule has 4 heterocycles. The van der Waals surface area contributed by atoms with E-state index in [1.54, 1.807) is 10.8 Å². The van der Waals surface area contributed by atoms with Crippen molar-refractivity contribution >= 4 is 22.2 Å². The quantitative estimate of drug-likeness (QED) is 0.763. The minimum atomic E-state index is -0.0571. The predicted molar refractivity (Wildman–Crippen MR) is 79.3 cm³/mol. The van der Waals surface area contributed by atoms with Gasteiger partial charge in [0.15, 0.2) is 0 Å². The molecule has 1 unspecified atom stereocenters. The maximum absolute atomic E-state index is 12.3. The maximum atomic E-state index is 12.3. The van der Waals surface area contributed by atoms with Crippen molar-refractivity contribution in [2.24, 2.45) is 5.92 Å². The largest absolute Gasteiger partial charge is 0.350 e. The number of amides is 1. The molecule has 8 nitrogen and oxygen atoms in total. The van der Waals surface area contributed by atoms with E-state index in [4.69, 9.17) is 0 Å². The number of aryl methyl sites for hydroxylation is 2. The molecule has 3 aromatic heterocycles. The summed E-state index contributed by atoms with van der Waals surface area (Å²) in [4.78, 5) is 21.8. The Morgan fingerprint density at radius 3 is 3.32 bits per heavy atom. The van der Waals surface area contributed by atoms with Crippen molar-refractivity contribution in [2.45, 2.75) is 32.9 Å². The Hall–Kier alpha value is -2.29. The van der Waals surface area contributed by atoms with Crippen LogP contribution in [0.1, 0.15) is 22.9 Å². The first-order valence-corrected chi connectivity index (χ1v) is 7.97. The summed E-state index contributed by atoms with van der Waals surface area (Å²) in [6, 6.07) is 0. The Labute approximate surface area is 130 Å². The minimum absolute atomic E-state index is 0.0432. The van der Waals surface area contributed by atoms with Gasteiger partial charge in [-0.1, -0.05) is 11.3 Å². The molecule has 0 fully saturated rings. The van der Waals surface area contributed by atoms with E-state index in [1.165, 1.54) is 11.3 Å². The van der Waals surface area contributed by atoms with Gasteiger partial charge in [0.05, 0.1) is 30.9 Å². The Morgan fingerprint density at radius 2 is 2.45 bits per heavy atom. The number of nitrogens with one attached hydrogen (secondary N) is 1. The first-order valence-electron chi connectivity index (χ1n) is 7.15. The van der Waals surface area contributed by atoms with E-state index in [1.807, 2.05) is 17.8 Å². The maximum Gasteiger partial charge on any atom is 0.225 e. The predicted octanol–water partition coefficient (Wildman–Crippen LogP) is 0.570. The van der Waals surface area contributed by atoms with E-state index in [9.17, 15) is 4.79 Å². The van der Waals surface area contributed by atoms with Crippen molar-refractivity contribution < 1.29 is 4.79 Å². The third-order valence-corrected chi connectivity index (χ3v) is 4.65. The molecule has 3 aromatic rings. The fourth-order valence-electron chi connectivity index (χ4n) is 2.70. The van der Waals surface area contributed by atoms with Gasteiger partial charge >= 0.3 is 0 Å². The zero-order chi connectivity index (χ0) is 15.1. The van der Waals surface area contributed by atoms with Crippen LogP contribution < -0.4 is 5.32 Å². The van der Waals surface area contributed by atoms with Crippen LogP contribution in [-0.4, -0.2) is 35.3 Å². The molecule has 0 bridgehead atoms. The Bertz CT molecular complexity index is 801. The van der Waals surface area contributed by atoms with Crippen LogP contribution in [0.15, 0.2) is 12.5 Å². The molecule has 22 heavy (non-hydrogen) atoms. The van der Waals surface area contributed by atoms with Gasteiger partial charge in [0.1, 0.15) is 17.2 Å². The highest BCUT2D eigenvalue weighted by Crippen LogP contribution is 2.18. The van der Waals surface area contributed by atoms with Crippen molar-refractivity contribution in [3.8, 4) is 0 Å². The van der Waals surface area contributed by atoms with Crippen molar-refractivity contribution in [2.75, 3.05) is 0 Å². The third kappa shape index (κ3) is 2.37. The lowest BCUT2D eigenvalue weighted by Crippen LogP contribution is -2.36. The zero-order valence-corrected chi connectivity index (χ0v) is 12.9. The molecule has 1 atom stereocenters. The standard InChI is InChI=1S/C13H15N7OS/c1-8-18-20-6-10(17-13(20)22-8)4-14-12(21)9-2-3-11-15-7-16-19(11)5-9/h6-7,9H,2-5H2,1H3,(H,14,21). The van der Waals surface area contributed by atoms with Gasteiger partial charge in [0.2, 0.25) is 10.9 Å². The molecule has 0 saturated heterocycles. The molecule has 0 aliphatic carbocycles.